The van der Waals surface area contributed by atoms with Crippen molar-refractivity contribution >= 4 is 34.6 Å². The number of ether oxygens (including phenoxy) is 5. The molecule has 0 saturated heterocycles. The molecule has 0 bridgehead atoms. The number of imidazole rings is 1. The molecule has 50 heavy (non-hydrogen) atoms. The first-order valence-electron chi connectivity index (χ1n) is 16.8. The number of carbonyl (C=O) groups excluding carboxylic acids is 1. The molecule has 4 N–H and O–H groups in total. The molecule has 0 spiro atoms. The number of aromatic amines is 1. The molecule has 15 heteroatoms. The van der Waals surface area contributed by atoms with Crippen LogP contribution in [0.3, 0.4) is 0 Å². The van der Waals surface area contributed by atoms with E-state index < -0.39 is 5.56 Å². The molecule has 0 saturated carbocycles. The van der Waals surface area contributed by atoms with Crippen LogP contribution in [0.1, 0.15) is 41.6 Å². The third-order valence-corrected chi connectivity index (χ3v) is 7.74. The smallest absolute Gasteiger partial charge is 0.280 e. The summed E-state index contributed by atoms with van der Waals surface area (Å²) in [5.41, 5.74) is 7.63. The summed E-state index contributed by atoms with van der Waals surface area (Å²) < 4.78 is 42.8. The molecule has 0 unspecified atom stereocenters. The van der Waals surface area contributed by atoms with Crippen LogP contribution in [0, 0.1) is 5.82 Å². The van der Waals surface area contributed by atoms with E-state index in [0.717, 1.165) is 43.7 Å². The summed E-state index contributed by atoms with van der Waals surface area (Å²) in [4.78, 5) is 36.6. The zero-order valence-electron chi connectivity index (χ0n) is 28.2. The lowest BCUT2D eigenvalue weighted by Gasteiger charge is -2.10. The molecule has 0 aliphatic heterocycles. The number of amides is 1. The Morgan fingerprint density at radius 2 is 1.36 bits per heavy atom. The number of unbranched alkanes of at least 4 members (excludes halogenated alkanes) is 3. The van der Waals surface area contributed by atoms with Gasteiger partial charge in [-0.2, -0.15) is 4.98 Å². The van der Waals surface area contributed by atoms with Gasteiger partial charge in [0.2, 0.25) is 5.95 Å². The summed E-state index contributed by atoms with van der Waals surface area (Å²) in [5, 5.41) is 2.83. The lowest BCUT2D eigenvalue weighted by atomic mass is 10.1. The van der Waals surface area contributed by atoms with Gasteiger partial charge in [-0.1, -0.05) is 37.1 Å². The highest BCUT2D eigenvalue weighted by Crippen LogP contribution is 2.24. The number of halogens is 2. The fourth-order valence-corrected chi connectivity index (χ4v) is 5.10. The van der Waals surface area contributed by atoms with Gasteiger partial charge in [0.05, 0.1) is 66.0 Å². The topological polar surface area (TPSA) is 165 Å². The molecule has 2 aromatic heterocycles. The van der Waals surface area contributed by atoms with Crippen LogP contribution in [0.4, 0.5) is 10.3 Å². The number of benzene rings is 2. The molecular weight excluding hydrogens is 671 g/mol. The first kappa shape index (κ1) is 38.9. The van der Waals surface area contributed by atoms with E-state index in [1.54, 1.807) is 41.0 Å². The number of nitrogens with zero attached hydrogens (tertiary/aromatic N) is 3. The number of anilines is 1. The summed E-state index contributed by atoms with van der Waals surface area (Å²) in [6.07, 6.45) is 4.41. The van der Waals surface area contributed by atoms with Crippen molar-refractivity contribution in [2.24, 2.45) is 0 Å². The minimum absolute atomic E-state index is 0.0433. The third kappa shape index (κ3) is 13.1. The Hall–Kier alpha value is -3.92. The van der Waals surface area contributed by atoms with E-state index in [-0.39, 0.29) is 29.7 Å². The van der Waals surface area contributed by atoms with Crippen LogP contribution in [0.5, 0.6) is 0 Å². The number of carbonyl (C=O) groups is 1. The van der Waals surface area contributed by atoms with E-state index in [0.29, 0.717) is 88.6 Å². The van der Waals surface area contributed by atoms with Gasteiger partial charge >= 0.3 is 0 Å². The largest absolute Gasteiger partial charge is 0.379 e. The van der Waals surface area contributed by atoms with Gasteiger partial charge < -0.3 is 39.3 Å². The van der Waals surface area contributed by atoms with Gasteiger partial charge in [0.1, 0.15) is 11.6 Å². The number of nitrogen functional groups attached to an aromatic ring is 1. The van der Waals surface area contributed by atoms with E-state index in [9.17, 15) is 14.0 Å². The zero-order chi connectivity index (χ0) is 35.4. The Labute approximate surface area is 295 Å². The second-order valence-electron chi connectivity index (χ2n) is 11.3. The summed E-state index contributed by atoms with van der Waals surface area (Å²) in [7, 11) is 0. The predicted molar refractivity (Wildman–Crippen MR) is 189 cm³/mol. The van der Waals surface area contributed by atoms with Crippen molar-refractivity contribution in [3.8, 4) is 11.4 Å². The summed E-state index contributed by atoms with van der Waals surface area (Å²) in [6.45, 7) is 5.55. The Kier molecular flexibility index (Phi) is 17.1. The molecular formula is C35H46ClFN6O7. The van der Waals surface area contributed by atoms with Crippen LogP contribution in [0.25, 0.3) is 22.6 Å². The van der Waals surface area contributed by atoms with Crippen molar-refractivity contribution in [1.29, 1.82) is 0 Å². The molecule has 0 aliphatic rings. The van der Waals surface area contributed by atoms with Crippen molar-refractivity contribution in [2.45, 2.75) is 32.2 Å². The van der Waals surface area contributed by atoms with Gasteiger partial charge in [-0.05, 0) is 42.7 Å². The fraction of sp³-hybridized carbons (Fsp3) is 0.486. The third-order valence-electron chi connectivity index (χ3n) is 7.48. The van der Waals surface area contributed by atoms with E-state index >= 15 is 0 Å². The first-order chi connectivity index (χ1) is 24.5. The van der Waals surface area contributed by atoms with E-state index in [1.165, 1.54) is 12.1 Å². The number of H-pyrrole nitrogens is 1. The minimum atomic E-state index is -0.472. The predicted octanol–water partition coefficient (Wildman–Crippen LogP) is 4.17. The molecule has 2 aromatic carbocycles. The average molecular weight is 717 g/mol. The van der Waals surface area contributed by atoms with Crippen LogP contribution in [0.15, 0.2) is 53.3 Å². The molecule has 272 valence electrons. The van der Waals surface area contributed by atoms with Crippen molar-refractivity contribution < 1.29 is 32.9 Å². The molecule has 13 nitrogen and oxygen atoms in total. The number of nitrogens with two attached hydrogens (primary N) is 1. The Balaban J connectivity index is 1.08. The lowest BCUT2D eigenvalue weighted by molar-refractivity contribution is -0.0109. The fourth-order valence-electron chi connectivity index (χ4n) is 4.91. The van der Waals surface area contributed by atoms with Crippen LogP contribution in [-0.4, -0.2) is 104 Å². The minimum Gasteiger partial charge on any atom is -0.379 e. The molecule has 0 fully saturated rings. The summed E-state index contributed by atoms with van der Waals surface area (Å²) in [5.74, 6) is 0.518. The zero-order valence-corrected chi connectivity index (χ0v) is 28.9. The van der Waals surface area contributed by atoms with Crippen molar-refractivity contribution in [1.82, 2.24) is 24.8 Å². The van der Waals surface area contributed by atoms with Crippen molar-refractivity contribution in [2.75, 3.05) is 84.2 Å². The van der Waals surface area contributed by atoms with Crippen LogP contribution >= 0.6 is 11.6 Å². The molecule has 0 aliphatic carbocycles. The van der Waals surface area contributed by atoms with E-state index in [1.807, 2.05) is 0 Å². The van der Waals surface area contributed by atoms with Gasteiger partial charge in [-0.25, -0.2) is 9.37 Å². The van der Waals surface area contributed by atoms with Gasteiger partial charge in [-0.3, -0.25) is 14.6 Å². The second kappa shape index (κ2) is 22.0. The quantitative estimate of drug-likeness (QED) is 0.0670. The molecule has 1 amide bonds. The number of alkyl halides is 1. The second-order valence-corrected chi connectivity index (χ2v) is 11.6. The molecule has 2 heterocycles. The van der Waals surface area contributed by atoms with E-state index in [4.69, 9.17) is 41.0 Å². The average Bonchev–Trinajstić information content (AvgIpc) is 3.47. The highest BCUT2D eigenvalue weighted by Gasteiger charge is 2.18. The monoisotopic (exact) mass is 716 g/mol. The normalized spacial score (nSPS) is 11.4. The lowest BCUT2D eigenvalue weighted by Crippen LogP contribution is -2.27. The highest BCUT2D eigenvalue weighted by atomic mass is 35.5. The number of nitrogens with one attached hydrogen (secondary N) is 2. The summed E-state index contributed by atoms with van der Waals surface area (Å²) in [6, 6.07) is 12.8. The SMILES string of the molecule is Nc1nc2c(nc(-c3ccc(C(=O)NCCOCCOCCOCCOCCOCCCCCCCl)cc3)n2Cc2ccc(F)cc2)c(=O)[nH]1. The number of hydrogen-bond acceptors (Lipinski definition) is 10. The number of hydrogen-bond donors (Lipinski definition) is 3. The Morgan fingerprint density at radius 1 is 0.780 bits per heavy atom. The van der Waals surface area contributed by atoms with E-state index in [2.05, 4.69) is 20.3 Å². The first-order valence-corrected chi connectivity index (χ1v) is 17.3. The van der Waals surface area contributed by atoms with Crippen LogP contribution in [-0.2, 0) is 30.2 Å². The highest BCUT2D eigenvalue weighted by molar-refractivity contribution is 6.17. The maximum Gasteiger partial charge on any atom is 0.280 e. The van der Waals surface area contributed by atoms with Gasteiger partial charge in [0, 0.05) is 30.2 Å². The Bertz CT molecular complexity index is 1640. The molecule has 4 rings (SSSR count). The number of aromatic nitrogens is 4. The van der Waals surface area contributed by atoms with Gasteiger partial charge in [-0.15, -0.1) is 11.6 Å². The van der Waals surface area contributed by atoms with Crippen molar-refractivity contribution in [3.63, 3.8) is 0 Å². The van der Waals surface area contributed by atoms with Crippen LogP contribution in [0.2, 0.25) is 0 Å². The van der Waals surface area contributed by atoms with Gasteiger partial charge in [0.15, 0.2) is 11.2 Å². The standard InChI is InChI=1S/C35H46ClFN6O7/c36-13-3-1-2-4-15-46-17-19-48-21-23-50-24-22-49-20-18-47-16-14-39-33(44)28-9-7-27(8-10-28)31-40-30-32(41-35(38)42-34(30)45)43(31)25-26-5-11-29(37)12-6-26/h5-12H,1-4,13-25H2,(H,39,44)(H3,38,41,42,45). The van der Waals surface area contributed by atoms with Crippen LogP contribution < -0.4 is 16.6 Å². The van der Waals surface area contributed by atoms with Gasteiger partial charge in [0.25, 0.3) is 11.5 Å². The Morgan fingerprint density at radius 3 is 1.98 bits per heavy atom. The molecule has 0 atom stereocenters. The molecule has 0 radical (unpaired) electrons. The summed E-state index contributed by atoms with van der Waals surface area (Å²) >= 11 is 5.66. The number of fused-ring (bicyclic) bond motifs is 1. The number of rotatable bonds is 25. The van der Waals surface area contributed by atoms with Crippen molar-refractivity contribution in [3.05, 3.63) is 75.8 Å². The maximum atomic E-state index is 13.5. The maximum absolute atomic E-state index is 13.5. The molecule has 4 aromatic rings.